The fourth-order valence-corrected chi connectivity index (χ4v) is 8.76. The Morgan fingerprint density at radius 1 is 1.15 bits per heavy atom. The second-order valence-electron chi connectivity index (χ2n) is 13.6. The molecule has 3 aromatic rings. The zero-order chi connectivity index (χ0) is 33.9. The third-order valence-electron chi connectivity index (χ3n) is 10.8. The van der Waals surface area contributed by atoms with Crippen molar-refractivity contribution >= 4 is 28.1 Å². The second-order valence-corrected chi connectivity index (χ2v) is 13.6. The number of pyridine rings is 1. The van der Waals surface area contributed by atoms with Crippen LogP contribution < -0.4 is 20.7 Å². The minimum atomic E-state index is -5.02. The lowest BCUT2D eigenvalue weighted by atomic mass is 9.89. The number of ether oxygens (including phenoxy) is 1. The Bertz CT molecular complexity index is 1930. The number of nitrogens with two attached hydrogens (primary N) is 1. The van der Waals surface area contributed by atoms with Gasteiger partial charge in [0, 0.05) is 47.9 Å². The quantitative estimate of drug-likeness (QED) is 0.309. The van der Waals surface area contributed by atoms with Gasteiger partial charge in [-0.15, -0.1) is 0 Å². The number of fused-ring (bicyclic) bond motifs is 6. The van der Waals surface area contributed by atoms with E-state index in [9.17, 15) is 22.0 Å². The van der Waals surface area contributed by atoms with E-state index in [-0.39, 0.29) is 83.9 Å². The zero-order valence-electron chi connectivity index (χ0n) is 26.0. The molecule has 0 saturated carbocycles. The van der Waals surface area contributed by atoms with E-state index >= 15 is 8.78 Å². The molecule has 0 unspecified atom stereocenters. The summed E-state index contributed by atoms with van der Waals surface area (Å²) >= 11 is 0. The zero-order valence-corrected chi connectivity index (χ0v) is 26.0. The molecule has 8 nitrogen and oxygen atoms in total. The first-order valence-electron chi connectivity index (χ1n) is 15.9. The van der Waals surface area contributed by atoms with Gasteiger partial charge in [-0.05, 0) is 63.6 Å². The van der Waals surface area contributed by atoms with E-state index in [1.165, 1.54) is 0 Å². The summed E-state index contributed by atoms with van der Waals surface area (Å²) < 4.78 is 110. The molecule has 8 rings (SSSR count). The largest absolute Gasteiger partial charge is 0.461 e. The third kappa shape index (κ3) is 4.67. The first-order valence-corrected chi connectivity index (χ1v) is 15.9. The van der Waals surface area contributed by atoms with Crippen LogP contribution in [0.4, 0.5) is 42.4 Å². The molecule has 2 bridgehead atoms. The highest BCUT2D eigenvalue weighted by Crippen LogP contribution is 2.50. The van der Waals surface area contributed by atoms with Gasteiger partial charge < -0.3 is 20.7 Å². The Labute approximate surface area is 270 Å². The van der Waals surface area contributed by atoms with Gasteiger partial charge in [0.25, 0.3) is 6.08 Å². The van der Waals surface area contributed by atoms with Gasteiger partial charge in [0.15, 0.2) is 5.82 Å². The summed E-state index contributed by atoms with van der Waals surface area (Å²) in [4.78, 5) is 16.7. The molecule has 15 heteroatoms. The number of benzene rings is 1. The molecule has 5 aliphatic rings. The van der Waals surface area contributed by atoms with Crippen LogP contribution in [-0.2, 0) is 6.18 Å². The van der Waals surface area contributed by atoms with Crippen molar-refractivity contribution in [3.63, 3.8) is 0 Å². The molecule has 48 heavy (non-hydrogen) atoms. The predicted molar refractivity (Wildman–Crippen MR) is 164 cm³/mol. The SMILES string of the molecule is C=C1C[C@@H]2[C@@H]3CC[C@H](CN2c2nc(OC[C@@]45CCCN4CC(=C(F)F)C5)nc4c(F)c(-c5cc(N)nc(C)c5C(F)(F)F)c(F)c1c24)N3. The molecule has 0 amide bonds. The highest BCUT2D eigenvalue weighted by atomic mass is 19.4. The number of hydrogen-bond acceptors (Lipinski definition) is 8. The lowest BCUT2D eigenvalue weighted by molar-refractivity contribution is -0.137. The Morgan fingerprint density at radius 2 is 1.94 bits per heavy atom. The van der Waals surface area contributed by atoms with Crippen molar-refractivity contribution < 1.29 is 35.5 Å². The van der Waals surface area contributed by atoms with Crippen molar-refractivity contribution in [2.75, 3.05) is 36.9 Å². The smallest absolute Gasteiger partial charge is 0.418 e. The van der Waals surface area contributed by atoms with E-state index in [0.29, 0.717) is 19.5 Å². The van der Waals surface area contributed by atoms with E-state index in [2.05, 4.69) is 21.9 Å². The first-order chi connectivity index (χ1) is 22.8. The van der Waals surface area contributed by atoms with E-state index in [0.717, 1.165) is 32.3 Å². The van der Waals surface area contributed by atoms with Crippen LogP contribution in [0.3, 0.4) is 0 Å². The Kier molecular flexibility index (Phi) is 7.02. The average molecular weight is 676 g/mol. The number of anilines is 2. The molecule has 0 spiro atoms. The van der Waals surface area contributed by atoms with Gasteiger partial charge >= 0.3 is 12.2 Å². The van der Waals surface area contributed by atoms with Gasteiger partial charge in [-0.3, -0.25) is 4.90 Å². The number of rotatable bonds is 4. The molecule has 4 atom stereocenters. The Hall–Kier alpha value is -3.98. The fraction of sp³-hybridized carbons (Fsp3) is 0.485. The summed E-state index contributed by atoms with van der Waals surface area (Å²) in [6.45, 7) is 6.32. The lowest BCUT2D eigenvalue weighted by Gasteiger charge is -2.41. The van der Waals surface area contributed by atoms with Crippen LogP contribution in [0, 0.1) is 18.6 Å². The molecule has 3 N–H and O–H groups in total. The molecule has 4 fully saturated rings. The summed E-state index contributed by atoms with van der Waals surface area (Å²) in [5, 5.41) is 3.56. The minimum Gasteiger partial charge on any atom is -0.461 e. The van der Waals surface area contributed by atoms with Gasteiger partial charge in [-0.1, -0.05) is 6.58 Å². The van der Waals surface area contributed by atoms with Crippen LogP contribution in [-0.4, -0.2) is 69.8 Å². The van der Waals surface area contributed by atoms with Crippen LogP contribution in [0.2, 0.25) is 0 Å². The summed E-state index contributed by atoms with van der Waals surface area (Å²) in [5.74, 6) is -2.72. The topological polar surface area (TPSA) is 92.4 Å². The van der Waals surface area contributed by atoms with Crippen LogP contribution in [0.25, 0.3) is 27.6 Å². The number of hydrogen-bond donors (Lipinski definition) is 2. The fourth-order valence-electron chi connectivity index (χ4n) is 8.76. The number of aromatic nitrogens is 3. The van der Waals surface area contributed by atoms with Gasteiger partial charge in [0.05, 0.1) is 27.7 Å². The molecule has 4 saturated heterocycles. The lowest BCUT2D eigenvalue weighted by Crippen LogP contribution is -2.58. The van der Waals surface area contributed by atoms with E-state index in [1.807, 2.05) is 9.80 Å². The standard InChI is InChI=1S/C33H32F7N7O/c1-14-8-20-19-5-4-17(43-19)12-47(20)30-24-22(14)26(34)23(18-9-21(41)42-15(2)25(18)33(38,39)40)27(35)28(24)44-31(45-30)48-13-32-6-3-7-46(32)11-16(10-32)29(36)37/h9,17,19-20,43H,1,3-8,10-13H2,2H3,(H2,41,42)/t17-,19+,20-,32+/m1/s1. The normalized spacial score (nSPS) is 26.7. The van der Waals surface area contributed by atoms with Crippen molar-refractivity contribution in [1.29, 1.82) is 0 Å². The molecule has 5 aliphatic heterocycles. The maximum Gasteiger partial charge on any atom is 0.418 e. The molecule has 254 valence electrons. The average Bonchev–Trinajstić information content (AvgIpc) is 3.67. The maximum atomic E-state index is 16.9. The molecule has 7 heterocycles. The van der Waals surface area contributed by atoms with E-state index in [1.54, 1.807) is 0 Å². The van der Waals surface area contributed by atoms with Crippen molar-refractivity contribution in [1.82, 2.24) is 25.2 Å². The Balaban J connectivity index is 1.35. The molecular formula is C33H32F7N7O. The number of nitrogens with zero attached hydrogens (tertiary/aromatic N) is 5. The maximum absolute atomic E-state index is 16.9. The Morgan fingerprint density at radius 3 is 2.69 bits per heavy atom. The first kappa shape index (κ1) is 31.3. The number of aryl methyl sites for hydroxylation is 1. The minimum absolute atomic E-state index is 0.00606. The molecular weight excluding hydrogens is 643 g/mol. The monoisotopic (exact) mass is 675 g/mol. The molecule has 0 radical (unpaired) electrons. The third-order valence-corrected chi connectivity index (χ3v) is 10.8. The molecule has 1 aromatic carbocycles. The van der Waals surface area contributed by atoms with Crippen molar-refractivity contribution in [3.8, 4) is 17.1 Å². The van der Waals surface area contributed by atoms with Gasteiger partial charge in [0.2, 0.25) is 0 Å². The van der Waals surface area contributed by atoms with Gasteiger partial charge in [0.1, 0.15) is 29.6 Å². The van der Waals surface area contributed by atoms with Crippen molar-refractivity contribution in [3.05, 3.63) is 52.8 Å². The number of nitrogen functional groups attached to an aromatic ring is 1. The van der Waals surface area contributed by atoms with Crippen LogP contribution >= 0.6 is 0 Å². The predicted octanol–water partition coefficient (Wildman–Crippen LogP) is 6.37. The van der Waals surface area contributed by atoms with E-state index in [4.69, 9.17) is 15.5 Å². The summed E-state index contributed by atoms with van der Waals surface area (Å²) in [6.07, 6.45) is -3.33. The van der Waals surface area contributed by atoms with Gasteiger partial charge in [-0.2, -0.15) is 31.9 Å². The highest BCUT2D eigenvalue weighted by molar-refractivity contribution is 6.04. The molecule has 0 aliphatic carbocycles. The highest BCUT2D eigenvalue weighted by Gasteiger charge is 2.49. The number of nitrogens with one attached hydrogen (secondary N) is 1. The summed E-state index contributed by atoms with van der Waals surface area (Å²) in [7, 11) is 0. The summed E-state index contributed by atoms with van der Waals surface area (Å²) in [6, 6.07) is 0.347. The van der Waals surface area contributed by atoms with Crippen LogP contribution in [0.15, 0.2) is 24.3 Å². The molecule has 2 aromatic heterocycles. The van der Waals surface area contributed by atoms with Crippen LogP contribution in [0.1, 0.15) is 55.3 Å². The van der Waals surface area contributed by atoms with Gasteiger partial charge in [-0.25, -0.2) is 13.8 Å². The van der Waals surface area contributed by atoms with Crippen LogP contribution in [0.5, 0.6) is 6.01 Å². The van der Waals surface area contributed by atoms with Crippen molar-refractivity contribution in [2.24, 2.45) is 0 Å². The summed E-state index contributed by atoms with van der Waals surface area (Å²) in [5.41, 5.74) is 1.17. The number of alkyl halides is 3. The number of halogens is 7. The van der Waals surface area contributed by atoms with Crippen molar-refractivity contribution in [2.45, 2.75) is 75.3 Å². The second kappa shape index (κ2) is 10.8. The van der Waals surface area contributed by atoms with E-state index < -0.39 is 57.3 Å². The number of piperazine rings is 1.